The number of carboxylic acid groups (broad SMARTS) is 1. The minimum Gasteiger partial charge on any atom is -0.480 e. The van der Waals surface area contributed by atoms with Crippen molar-refractivity contribution in [2.24, 2.45) is 11.8 Å². The average Bonchev–Trinajstić information content (AvgIpc) is 2.58. The molecule has 1 aromatic rings. The summed E-state index contributed by atoms with van der Waals surface area (Å²) in [6.07, 6.45) is 0.989. The molecule has 0 radical (unpaired) electrons. The second kappa shape index (κ2) is 8.39. The Morgan fingerprint density at radius 1 is 1.22 bits per heavy atom. The molecule has 1 aliphatic rings. The van der Waals surface area contributed by atoms with Crippen LogP contribution in [0.1, 0.15) is 44.5 Å². The molecule has 2 rings (SSSR count). The van der Waals surface area contributed by atoms with E-state index in [0.717, 1.165) is 6.42 Å². The molecule has 0 aliphatic carbocycles. The molecule has 0 spiro atoms. The molecule has 1 N–H and O–H groups in total. The van der Waals surface area contributed by atoms with E-state index in [0.29, 0.717) is 13.1 Å². The van der Waals surface area contributed by atoms with Gasteiger partial charge in [-0.05, 0) is 50.3 Å². The predicted molar refractivity (Wildman–Crippen MR) is 102 cm³/mol. The lowest BCUT2D eigenvalue weighted by molar-refractivity contribution is -0.138. The standard InChI is InChI=1S/C19H28N2O5S/c1-13(2)21(12-18(22)23)19(24)16-6-5-7-17(9-16)27(25,26)20-10-14(3)8-15(4)11-20/h5-7,9,13-15H,8,10-12H2,1-4H3,(H,22,23). The van der Waals surface area contributed by atoms with Crippen molar-refractivity contribution >= 4 is 21.9 Å². The number of carbonyl (C=O) groups is 2. The Labute approximate surface area is 161 Å². The fourth-order valence-corrected chi connectivity index (χ4v) is 5.27. The molecule has 2 atom stereocenters. The molecule has 27 heavy (non-hydrogen) atoms. The van der Waals surface area contributed by atoms with Crippen LogP contribution in [0.3, 0.4) is 0 Å². The minimum absolute atomic E-state index is 0.0636. The maximum absolute atomic E-state index is 13.0. The van der Waals surface area contributed by atoms with Gasteiger partial charge in [-0.25, -0.2) is 8.42 Å². The normalized spacial score (nSPS) is 21.2. The highest BCUT2D eigenvalue weighted by molar-refractivity contribution is 7.89. The summed E-state index contributed by atoms with van der Waals surface area (Å²) in [4.78, 5) is 25.1. The molecule has 1 saturated heterocycles. The zero-order valence-corrected chi connectivity index (χ0v) is 17.1. The molecular formula is C19H28N2O5S. The first kappa shape index (κ1) is 21.4. The highest BCUT2D eigenvalue weighted by atomic mass is 32.2. The Morgan fingerprint density at radius 2 is 1.81 bits per heavy atom. The molecule has 1 fully saturated rings. The number of amides is 1. The highest BCUT2D eigenvalue weighted by Crippen LogP contribution is 2.27. The molecular weight excluding hydrogens is 368 g/mol. The molecule has 1 aromatic carbocycles. The molecule has 1 amide bonds. The zero-order chi connectivity index (χ0) is 20.4. The van der Waals surface area contributed by atoms with E-state index < -0.39 is 28.4 Å². The Kier molecular flexibility index (Phi) is 6.64. The molecule has 2 unspecified atom stereocenters. The van der Waals surface area contributed by atoms with Gasteiger partial charge in [0.1, 0.15) is 6.54 Å². The van der Waals surface area contributed by atoms with E-state index in [9.17, 15) is 18.0 Å². The van der Waals surface area contributed by atoms with Crippen LogP contribution in [0.5, 0.6) is 0 Å². The van der Waals surface area contributed by atoms with Gasteiger partial charge in [0.2, 0.25) is 10.0 Å². The topological polar surface area (TPSA) is 95.0 Å². The smallest absolute Gasteiger partial charge is 0.323 e. The Morgan fingerprint density at radius 3 is 2.33 bits per heavy atom. The number of aliphatic carboxylic acids is 1. The third-order valence-electron chi connectivity index (χ3n) is 4.74. The number of piperidine rings is 1. The molecule has 1 heterocycles. The van der Waals surface area contributed by atoms with Gasteiger partial charge in [-0.1, -0.05) is 19.9 Å². The number of carbonyl (C=O) groups excluding carboxylic acids is 1. The van der Waals surface area contributed by atoms with Crippen LogP contribution >= 0.6 is 0 Å². The quantitative estimate of drug-likeness (QED) is 0.796. The van der Waals surface area contributed by atoms with Gasteiger partial charge < -0.3 is 10.0 Å². The number of rotatable bonds is 6. The summed E-state index contributed by atoms with van der Waals surface area (Å²) in [5.74, 6) is -1.05. The minimum atomic E-state index is -3.71. The van der Waals surface area contributed by atoms with Crippen LogP contribution in [-0.4, -0.2) is 60.3 Å². The molecule has 0 saturated carbocycles. The number of sulfonamides is 1. The van der Waals surface area contributed by atoms with Crippen LogP contribution < -0.4 is 0 Å². The molecule has 0 bridgehead atoms. The second-order valence-electron chi connectivity index (χ2n) is 7.72. The van der Waals surface area contributed by atoms with Gasteiger partial charge in [0.05, 0.1) is 4.90 Å². The fraction of sp³-hybridized carbons (Fsp3) is 0.579. The highest BCUT2D eigenvalue weighted by Gasteiger charge is 2.32. The first-order valence-electron chi connectivity index (χ1n) is 9.15. The lowest BCUT2D eigenvalue weighted by Gasteiger charge is -2.34. The SMILES string of the molecule is CC1CC(C)CN(S(=O)(=O)c2cccc(C(=O)N(CC(=O)O)C(C)C)c2)C1. The van der Waals surface area contributed by atoms with E-state index in [2.05, 4.69) is 0 Å². The van der Waals surface area contributed by atoms with Gasteiger partial charge >= 0.3 is 5.97 Å². The number of hydrogen-bond donors (Lipinski definition) is 1. The van der Waals surface area contributed by atoms with E-state index >= 15 is 0 Å². The monoisotopic (exact) mass is 396 g/mol. The lowest BCUT2D eigenvalue weighted by Crippen LogP contribution is -2.42. The van der Waals surface area contributed by atoms with Crippen molar-refractivity contribution in [3.8, 4) is 0 Å². The van der Waals surface area contributed by atoms with Crippen molar-refractivity contribution in [3.63, 3.8) is 0 Å². The lowest BCUT2D eigenvalue weighted by atomic mass is 9.94. The van der Waals surface area contributed by atoms with E-state index in [-0.39, 0.29) is 28.3 Å². The molecule has 0 aromatic heterocycles. The van der Waals surface area contributed by atoms with E-state index in [1.165, 1.54) is 33.5 Å². The third kappa shape index (κ3) is 5.07. The summed E-state index contributed by atoms with van der Waals surface area (Å²) in [6, 6.07) is 5.54. The number of carboxylic acids is 1. The van der Waals surface area contributed by atoms with Gasteiger partial charge in [-0.15, -0.1) is 0 Å². The van der Waals surface area contributed by atoms with E-state index in [1.54, 1.807) is 13.8 Å². The second-order valence-corrected chi connectivity index (χ2v) is 9.65. The van der Waals surface area contributed by atoms with Gasteiger partial charge in [0.15, 0.2) is 0 Å². The number of nitrogens with zero attached hydrogens (tertiary/aromatic N) is 2. The van der Waals surface area contributed by atoms with Crippen LogP contribution in [0.2, 0.25) is 0 Å². The summed E-state index contributed by atoms with van der Waals surface area (Å²) in [6.45, 7) is 7.99. The van der Waals surface area contributed by atoms with Crippen molar-refractivity contribution in [2.45, 2.75) is 45.1 Å². The van der Waals surface area contributed by atoms with Crippen LogP contribution in [0.15, 0.2) is 29.2 Å². The Bertz CT molecular complexity index is 796. The molecule has 7 nitrogen and oxygen atoms in total. The zero-order valence-electron chi connectivity index (χ0n) is 16.3. The van der Waals surface area contributed by atoms with E-state index in [4.69, 9.17) is 5.11 Å². The number of hydrogen-bond acceptors (Lipinski definition) is 4. The van der Waals surface area contributed by atoms with Gasteiger partial charge in [0, 0.05) is 24.7 Å². The Balaban J connectivity index is 2.33. The van der Waals surface area contributed by atoms with Gasteiger partial charge in [-0.2, -0.15) is 4.31 Å². The van der Waals surface area contributed by atoms with Crippen LogP contribution in [0.25, 0.3) is 0 Å². The van der Waals surface area contributed by atoms with E-state index in [1.807, 2.05) is 13.8 Å². The predicted octanol–water partition coefficient (Wildman–Crippen LogP) is 2.29. The van der Waals surface area contributed by atoms with Gasteiger partial charge in [0.25, 0.3) is 5.91 Å². The number of benzene rings is 1. The van der Waals surface area contributed by atoms with Crippen molar-refractivity contribution in [2.75, 3.05) is 19.6 Å². The molecule has 1 aliphatic heterocycles. The summed E-state index contributed by atoms with van der Waals surface area (Å²) >= 11 is 0. The third-order valence-corrected chi connectivity index (χ3v) is 6.57. The molecule has 8 heteroatoms. The first-order chi connectivity index (χ1) is 12.5. The van der Waals surface area contributed by atoms with Crippen LogP contribution in [0, 0.1) is 11.8 Å². The fourth-order valence-electron chi connectivity index (χ4n) is 3.54. The summed E-state index contributed by atoms with van der Waals surface area (Å²) < 4.78 is 27.6. The maximum Gasteiger partial charge on any atom is 0.323 e. The molecule has 150 valence electrons. The van der Waals surface area contributed by atoms with Gasteiger partial charge in [-0.3, -0.25) is 9.59 Å². The first-order valence-corrected chi connectivity index (χ1v) is 10.6. The maximum atomic E-state index is 13.0. The summed E-state index contributed by atoms with van der Waals surface area (Å²) in [5, 5.41) is 9.04. The van der Waals surface area contributed by atoms with Crippen molar-refractivity contribution in [1.29, 1.82) is 0 Å². The summed E-state index contributed by atoms with van der Waals surface area (Å²) in [7, 11) is -3.71. The Hall–Kier alpha value is -1.93. The van der Waals surface area contributed by atoms with Crippen molar-refractivity contribution in [3.05, 3.63) is 29.8 Å². The van der Waals surface area contributed by atoms with Crippen LogP contribution in [-0.2, 0) is 14.8 Å². The van der Waals surface area contributed by atoms with Crippen molar-refractivity contribution < 1.29 is 23.1 Å². The summed E-state index contributed by atoms with van der Waals surface area (Å²) in [5.41, 5.74) is 0.170. The average molecular weight is 397 g/mol. The largest absolute Gasteiger partial charge is 0.480 e. The van der Waals surface area contributed by atoms with Crippen molar-refractivity contribution in [1.82, 2.24) is 9.21 Å². The van der Waals surface area contributed by atoms with Crippen LogP contribution in [0.4, 0.5) is 0 Å².